The molecule has 0 spiro atoms. The Hall–Kier alpha value is -0.390. The lowest BCUT2D eigenvalue weighted by Crippen LogP contribution is -2.09. The normalized spacial score (nSPS) is 12.3. The zero-order valence-electron chi connectivity index (χ0n) is 10.1. The summed E-state index contributed by atoms with van der Waals surface area (Å²) in [5.41, 5.74) is 1.55. The molecule has 0 fully saturated rings. The Kier molecular flexibility index (Phi) is 5.03. The quantitative estimate of drug-likeness (QED) is 0.578. The van der Waals surface area contributed by atoms with E-state index in [0.29, 0.717) is 5.56 Å². The summed E-state index contributed by atoms with van der Waals surface area (Å²) in [5, 5.41) is 3.29. The van der Waals surface area contributed by atoms with Crippen LogP contribution >= 0.6 is 47.8 Å². The Morgan fingerprint density at radius 2 is 1.63 bits per heavy atom. The van der Waals surface area contributed by atoms with E-state index in [1.54, 1.807) is 12.1 Å². The molecule has 1 atom stereocenters. The minimum atomic E-state index is -0.212. The standard InChI is InChI=1S/C14H11Br3FN/c1-8(11-6-9(15)2-4-13(11)18)19-14-5-3-10(16)7-12(14)17/h2-8,19H,1H3. The van der Waals surface area contributed by atoms with Crippen LogP contribution < -0.4 is 5.32 Å². The van der Waals surface area contributed by atoms with Gasteiger partial charge in [0.05, 0.1) is 6.04 Å². The summed E-state index contributed by atoms with van der Waals surface area (Å²) in [6.07, 6.45) is 0. The molecule has 0 aliphatic heterocycles. The average molecular weight is 452 g/mol. The molecule has 1 unspecified atom stereocenters. The molecule has 2 aromatic rings. The maximum atomic E-state index is 13.8. The van der Waals surface area contributed by atoms with Crippen LogP contribution in [0.25, 0.3) is 0 Å². The first kappa shape index (κ1) is 15.0. The SMILES string of the molecule is CC(Nc1ccc(Br)cc1Br)c1cc(Br)ccc1F. The fraction of sp³-hybridized carbons (Fsp3) is 0.143. The number of nitrogens with one attached hydrogen (secondary N) is 1. The zero-order valence-corrected chi connectivity index (χ0v) is 14.8. The molecule has 0 saturated heterocycles. The van der Waals surface area contributed by atoms with Crippen LogP contribution in [0.3, 0.4) is 0 Å². The molecule has 0 aliphatic carbocycles. The van der Waals surface area contributed by atoms with E-state index in [4.69, 9.17) is 0 Å². The first-order valence-corrected chi connectivity index (χ1v) is 8.02. The Morgan fingerprint density at radius 1 is 1.00 bits per heavy atom. The topological polar surface area (TPSA) is 12.0 Å². The summed E-state index contributed by atoms with van der Waals surface area (Å²) in [6, 6.07) is 10.7. The van der Waals surface area contributed by atoms with Crippen LogP contribution in [0.1, 0.15) is 18.5 Å². The number of rotatable bonds is 3. The van der Waals surface area contributed by atoms with Gasteiger partial charge in [0.2, 0.25) is 0 Å². The lowest BCUT2D eigenvalue weighted by molar-refractivity contribution is 0.600. The van der Waals surface area contributed by atoms with Crippen LogP contribution in [-0.2, 0) is 0 Å². The molecule has 0 bridgehead atoms. The summed E-state index contributed by atoms with van der Waals surface area (Å²) in [4.78, 5) is 0. The first-order chi connectivity index (χ1) is 8.97. The fourth-order valence-corrected chi connectivity index (χ4v) is 3.30. The number of halogens is 4. The molecule has 0 amide bonds. The molecule has 1 N–H and O–H groups in total. The van der Waals surface area contributed by atoms with Gasteiger partial charge in [0.25, 0.3) is 0 Å². The van der Waals surface area contributed by atoms with Crippen LogP contribution in [0.5, 0.6) is 0 Å². The fourth-order valence-electron chi connectivity index (χ4n) is 1.76. The molecule has 5 heteroatoms. The molecular weight excluding hydrogens is 441 g/mol. The van der Waals surface area contributed by atoms with Gasteiger partial charge in [0.15, 0.2) is 0 Å². The van der Waals surface area contributed by atoms with Gasteiger partial charge in [0.1, 0.15) is 5.82 Å². The van der Waals surface area contributed by atoms with Gasteiger partial charge in [-0.25, -0.2) is 4.39 Å². The molecule has 0 aliphatic rings. The third kappa shape index (κ3) is 3.80. The molecule has 1 nitrogen and oxygen atoms in total. The lowest BCUT2D eigenvalue weighted by atomic mass is 10.1. The van der Waals surface area contributed by atoms with Crippen molar-refractivity contribution in [1.29, 1.82) is 0 Å². The maximum absolute atomic E-state index is 13.8. The van der Waals surface area contributed by atoms with Crippen LogP contribution in [0.15, 0.2) is 49.8 Å². The number of benzene rings is 2. The van der Waals surface area contributed by atoms with Gasteiger partial charge in [-0.15, -0.1) is 0 Å². The predicted molar refractivity (Wildman–Crippen MR) is 88.0 cm³/mol. The van der Waals surface area contributed by atoms with E-state index in [-0.39, 0.29) is 11.9 Å². The van der Waals surface area contributed by atoms with Gasteiger partial charge < -0.3 is 5.32 Å². The van der Waals surface area contributed by atoms with Crippen molar-refractivity contribution in [1.82, 2.24) is 0 Å². The molecule has 0 aromatic heterocycles. The van der Waals surface area contributed by atoms with Crippen LogP contribution in [0, 0.1) is 5.82 Å². The van der Waals surface area contributed by atoms with Crippen molar-refractivity contribution in [3.05, 3.63) is 61.2 Å². The first-order valence-electron chi connectivity index (χ1n) is 5.64. The van der Waals surface area contributed by atoms with Crippen molar-refractivity contribution < 1.29 is 4.39 Å². The molecule has 0 radical (unpaired) electrons. The van der Waals surface area contributed by atoms with E-state index in [2.05, 4.69) is 53.1 Å². The van der Waals surface area contributed by atoms with Gasteiger partial charge >= 0.3 is 0 Å². The van der Waals surface area contributed by atoms with Crippen molar-refractivity contribution in [2.75, 3.05) is 5.32 Å². The molecule has 19 heavy (non-hydrogen) atoms. The van der Waals surface area contributed by atoms with Crippen molar-refractivity contribution in [3.63, 3.8) is 0 Å². The summed E-state index contributed by atoms with van der Waals surface area (Å²) in [6.45, 7) is 1.93. The highest BCUT2D eigenvalue weighted by Crippen LogP contribution is 2.30. The second-order valence-corrected chi connectivity index (χ2v) is 6.84. The second-order valence-electron chi connectivity index (χ2n) is 4.16. The Bertz CT molecular complexity index is 601. The molecule has 0 saturated carbocycles. The molecule has 2 aromatic carbocycles. The maximum Gasteiger partial charge on any atom is 0.128 e. The third-order valence-electron chi connectivity index (χ3n) is 2.73. The van der Waals surface area contributed by atoms with E-state index >= 15 is 0 Å². The van der Waals surface area contributed by atoms with Crippen LogP contribution in [0.4, 0.5) is 10.1 Å². The second kappa shape index (κ2) is 6.37. The van der Waals surface area contributed by atoms with E-state index in [1.165, 1.54) is 6.07 Å². The van der Waals surface area contributed by atoms with Crippen molar-refractivity contribution in [2.24, 2.45) is 0 Å². The van der Waals surface area contributed by atoms with E-state index in [0.717, 1.165) is 19.1 Å². The van der Waals surface area contributed by atoms with E-state index < -0.39 is 0 Å². The summed E-state index contributed by atoms with van der Waals surface area (Å²) < 4.78 is 16.6. The minimum Gasteiger partial charge on any atom is -0.377 e. The highest BCUT2D eigenvalue weighted by Gasteiger charge is 2.12. The Labute approximate surface area is 137 Å². The molecule has 0 heterocycles. The van der Waals surface area contributed by atoms with Crippen molar-refractivity contribution >= 4 is 53.5 Å². The smallest absolute Gasteiger partial charge is 0.128 e. The largest absolute Gasteiger partial charge is 0.377 e. The third-order valence-corrected chi connectivity index (χ3v) is 4.37. The summed E-state index contributed by atoms with van der Waals surface area (Å²) in [5.74, 6) is -0.212. The highest BCUT2D eigenvalue weighted by molar-refractivity contribution is 9.11. The van der Waals surface area contributed by atoms with Crippen LogP contribution in [0.2, 0.25) is 0 Å². The zero-order chi connectivity index (χ0) is 14.0. The average Bonchev–Trinajstić information content (AvgIpc) is 2.35. The highest BCUT2D eigenvalue weighted by atomic mass is 79.9. The van der Waals surface area contributed by atoms with E-state index in [9.17, 15) is 4.39 Å². The molecule has 2 rings (SSSR count). The summed E-state index contributed by atoms with van der Waals surface area (Å²) >= 11 is 10.3. The van der Waals surface area contributed by atoms with Gasteiger partial charge in [-0.05, 0) is 59.3 Å². The molecule has 100 valence electrons. The Morgan fingerprint density at radius 3 is 2.32 bits per heavy atom. The van der Waals surface area contributed by atoms with Gasteiger partial charge in [0, 0.05) is 24.7 Å². The van der Waals surface area contributed by atoms with Crippen LogP contribution in [-0.4, -0.2) is 0 Å². The molecular formula is C14H11Br3FN. The van der Waals surface area contributed by atoms with E-state index in [1.807, 2.05) is 25.1 Å². The predicted octanol–water partition coefficient (Wildman–Crippen LogP) is 6.29. The number of hydrogen-bond donors (Lipinski definition) is 1. The summed E-state index contributed by atoms with van der Waals surface area (Å²) in [7, 11) is 0. The van der Waals surface area contributed by atoms with Gasteiger partial charge in [-0.1, -0.05) is 31.9 Å². The Balaban J connectivity index is 2.25. The lowest BCUT2D eigenvalue weighted by Gasteiger charge is -2.18. The van der Waals surface area contributed by atoms with Crippen molar-refractivity contribution in [3.8, 4) is 0 Å². The van der Waals surface area contributed by atoms with Gasteiger partial charge in [-0.3, -0.25) is 0 Å². The minimum absolute atomic E-state index is 0.130. The van der Waals surface area contributed by atoms with Crippen molar-refractivity contribution in [2.45, 2.75) is 13.0 Å². The monoisotopic (exact) mass is 449 g/mol. The number of hydrogen-bond acceptors (Lipinski definition) is 1. The van der Waals surface area contributed by atoms with Gasteiger partial charge in [-0.2, -0.15) is 0 Å². The number of anilines is 1.